The van der Waals surface area contributed by atoms with Gasteiger partial charge in [0.15, 0.2) is 0 Å². The molecule has 4 nitrogen and oxygen atoms in total. The van der Waals surface area contributed by atoms with Gasteiger partial charge in [-0.2, -0.15) is 0 Å². The summed E-state index contributed by atoms with van der Waals surface area (Å²) in [6.45, 7) is 5.83. The third kappa shape index (κ3) is 1.24. The van der Waals surface area contributed by atoms with E-state index in [4.69, 9.17) is 5.41 Å². The molecule has 1 atom stereocenters. The van der Waals surface area contributed by atoms with Crippen molar-refractivity contribution in [2.75, 3.05) is 6.54 Å². The Morgan fingerprint density at radius 3 is 2.91 bits per heavy atom. The first-order valence-corrected chi connectivity index (χ1v) is 3.43. The fraction of sp³-hybridized carbons (Fsp3) is 0.429. The van der Waals surface area contributed by atoms with Crippen molar-refractivity contribution in [3.05, 3.63) is 12.7 Å². The van der Waals surface area contributed by atoms with Crippen molar-refractivity contribution in [2.24, 2.45) is 0 Å². The molecule has 1 aliphatic rings. The molecular formula is C7H11N3O. The first-order valence-electron chi connectivity index (χ1n) is 3.43. The molecule has 0 aromatic carbocycles. The summed E-state index contributed by atoms with van der Waals surface area (Å²) in [5.41, 5.74) is 0. The third-order valence-corrected chi connectivity index (χ3v) is 1.71. The Morgan fingerprint density at radius 2 is 2.55 bits per heavy atom. The molecule has 0 spiro atoms. The fourth-order valence-corrected chi connectivity index (χ4v) is 1.00. The topological polar surface area (TPSA) is 56.2 Å². The molecule has 1 aliphatic heterocycles. The maximum atomic E-state index is 11.0. The van der Waals surface area contributed by atoms with E-state index in [2.05, 4.69) is 11.9 Å². The molecule has 1 unspecified atom stereocenters. The summed E-state index contributed by atoms with van der Waals surface area (Å²) in [5, 5.41) is 9.71. The second kappa shape index (κ2) is 2.74. The summed E-state index contributed by atoms with van der Waals surface area (Å²) < 4.78 is 0. The van der Waals surface area contributed by atoms with Crippen molar-refractivity contribution in [2.45, 2.75) is 13.0 Å². The highest BCUT2D eigenvalue weighted by Gasteiger charge is 2.30. The number of urea groups is 1. The molecule has 2 amide bonds. The smallest absolute Gasteiger partial charge is 0.311 e. The number of amides is 2. The lowest BCUT2D eigenvalue weighted by Gasteiger charge is -2.15. The number of carbonyl (C=O) groups is 1. The molecule has 0 bridgehead atoms. The normalized spacial score (nSPS) is 23.7. The van der Waals surface area contributed by atoms with E-state index >= 15 is 0 Å². The first kappa shape index (κ1) is 7.78. The molecule has 1 heterocycles. The Hall–Kier alpha value is -1.32. The quantitative estimate of drug-likeness (QED) is 0.560. The average molecular weight is 153 g/mol. The monoisotopic (exact) mass is 153 g/mol. The summed E-state index contributed by atoms with van der Waals surface area (Å²) in [4.78, 5) is 12.6. The molecular weight excluding hydrogens is 142 g/mol. The van der Waals surface area contributed by atoms with Crippen molar-refractivity contribution in [3.63, 3.8) is 0 Å². The van der Waals surface area contributed by atoms with Crippen LogP contribution in [-0.4, -0.2) is 29.4 Å². The van der Waals surface area contributed by atoms with Crippen LogP contribution >= 0.6 is 0 Å². The summed E-state index contributed by atoms with van der Waals surface area (Å²) in [6, 6.07) is -0.345. The minimum Gasteiger partial charge on any atom is -0.311 e. The van der Waals surface area contributed by atoms with Crippen molar-refractivity contribution in [1.29, 1.82) is 5.41 Å². The van der Waals surface area contributed by atoms with Crippen LogP contribution in [0.3, 0.4) is 0 Å². The zero-order chi connectivity index (χ0) is 8.43. The minimum atomic E-state index is -0.206. The Balaban J connectivity index is 2.70. The van der Waals surface area contributed by atoms with Gasteiger partial charge >= 0.3 is 6.03 Å². The molecule has 4 heteroatoms. The van der Waals surface area contributed by atoms with E-state index in [9.17, 15) is 4.79 Å². The number of amidine groups is 1. The largest absolute Gasteiger partial charge is 0.323 e. The SMILES string of the molecule is C=CCN1C(=O)NC(=N)C1C. The average Bonchev–Trinajstić information content (AvgIpc) is 2.17. The Kier molecular flexibility index (Phi) is 1.94. The van der Waals surface area contributed by atoms with Crippen LogP contribution in [0.1, 0.15) is 6.92 Å². The van der Waals surface area contributed by atoms with Gasteiger partial charge in [0, 0.05) is 6.54 Å². The van der Waals surface area contributed by atoms with Crippen LogP contribution in [0.2, 0.25) is 0 Å². The maximum Gasteiger partial charge on any atom is 0.323 e. The van der Waals surface area contributed by atoms with E-state index in [1.54, 1.807) is 11.0 Å². The lowest BCUT2D eigenvalue weighted by Crippen LogP contribution is -2.32. The van der Waals surface area contributed by atoms with Gasteiger partial charge in [0.2, 0.25) is 0 Å². The molecule has 1 rings (SSSR count). The second-order valence-corrected chi connectivity index (χ2v) is 2.46. The maximum absolute atomic E-state index is 11.0. The highest BCUT2D eigenvalue weighted by atomic mass is 16.2. The summed E-state index contributed by atoms with van der Waals surface area (Å²) in [6.07, 6.45) is 1.65. The van der Waals surface area contributed by atoms with Crippen LogP contribution in [0.15, 0.2) is 12.7 Å². The number of rotatable bonds is 2. The molecule has 0 radical (unpaired) electrons. The van der Waals surface area contributed by atoms with Crippen LogP contribution in [0.4, 0.5) is 4.79 Å². The van der Waals surface area contributed by atoms with E-state index in [1.807, 2.05) is 6.92 Å². The Bertz CT molecular complexity index is 212. The molecule has 2 N–H and O–H groups in total. The predicted molar refractivity (Wildman–Crippen MR) is 42.6 cm³/mol. The van der Waals surface area contributed by atoms with Crippen molar-refractivity contribution >= 4 is 11.9 Å². The molecule has 0 aromatic heterocycles. The lowest BCUT2D eigenvalue weighted by molar-refractivity contribution is 0.213. The molecule has 0 aromatic rings. The van der Waals surface area contributed by atoms with Gasteiger partial charge in [0.05, 0.1) is 6.04 Å². The van der Waals surface area contributed by atoms with E-state index < -0.39 is 0 Å². The Labute approximate surface area is 65.4 Å². The van der Waals surface area contributed by atoms with Crippen LogP contribution in [0.5, 0.6) is 0 Å². The van der Waals surface area contributed by atoms with Crippen molar-refractivity contribution in [1.82, 2.24) is 10.2 Å². The number of nitrogens with one attached hydrogen (secondary N) is 2. The highest BCUT2D eigenvalue weighted by molar-refractivity contribution is 6.05. The molecule has 60 valence electrons. The lowest BCUT2D eigenvalue weighted by atomic mass is 10.3. The number of carbonyl (C=O) groups excluding carboxylic acids is 1. The minimum absolute atomic E-state index is 0.138. The van der Waals surface area contributed by atoms with Gasteiger partial charge in [0.1, 0.15) is 5.84 Å². The van der Waals surface area contributed by atoms with Crippen LogP contribution in [0.25, 0.3) is 0 Å². The fourth-order valence-electron chi connectivity index (χ4n) is 1.00. The van der Waals surface area contributed by atoms with E-state index in [0.717, 1.165) is 0 Å². The summed E-state index contributed by atoms with van der Waals surface area (Å²) in [5.74, 6) is 0.261. The van der Waals surface area contributed by atoms with Crippen molar-refractivity contribution < 1.29 is 4.79 Å². The van der Waals surface area contributed by atoms with Gasteiger partial charge in [-0.05, 0) is 6.92 Å². The highest BCUT2D eigenvalue weighted by Crippen LogP contribution is 2.06. The molecule has 0 aliphatic carbocycles. The van der Waals surface area contributed by atoms with E-state index in [-0.39, 0.29) is 17.9 Å². The molecule has 1 saturated heterocycles. The van der Waals surface area contributed by atoms with Crippen LogP contribution < -0.4 is 5.32 Å². The van der Waals surface area contributed by atoms with Crippen LogP contribution in [0, 0.1) is 5.41 Å². The van der Waals surface area contributed by atoms with Gasteiger partial charge in [-0.15, -0.1) is 6.58 Å². The third-order valence-electron chi connectivity index (χ3n) is 1.71. The molecule has 11 heavy (non-hydrogen) atoms. The predicted octanol–water partition coefficient (Wildman–Crippen LogP) is 0.563. The van der Waals surface area contributed by atoms with Gasteiger partial charge < -0.3 is 4.90 Å². The molecule has 1 fully saturated rings. The number of nitrogens with zero attached hydrogens (tertiary/aromatic N) is 1. The van der Waals surface area contributed by atoms with Gasteiger partial charge in [-0.1, -0.05) is 6.08 Å². The summed E-state index contributed by atoms with van der Waals surface area (Å²) in [7, 11) is 0. The van der Waals surface area contributed by atoms with Crippen molar-refractivity contribution in [3.8, 4) is 0 Å². The number of hydrogen-bond donors (Lipinski definition) is 2. The molecule has 0 saturated carbocycles. The van der Waals surface area contributed by atoms with E-state index in [1.165, 1.54) is 0 Å². The first-order chi connectivity index (χ1) is 5.16. The zero-order valence-corrected chi connectivity index (χ0v) is 6.42. The van der Waals surface area contributed by atoms with Gasteiger partial charge in [-0.3, -0.25) is 10.7 Å². The van der Waals surface area contributed by atoms with Crippen LogP contribution in [-0.2, 0) is 0 Å². The second-order valence-electron chi connectivity index (χ2n) is 2.46. The standard InChI is InChI=1S/C7H11N3O/c1-3-4-10-5(2)6(8)9-7(10)11/h3,5H,1,4H2,2H3,(H2,8,9,11). The van der Waals surface area contributed by atoms with E-state index in [0.29, 0.717) is 6.54 Å². The number of hydrogen-bond acceptors (Lipinski definition) is 2. The zero-order valence-electron chi connectivity index (χ0n) is 6.42. The summed E-state index contributed by atoms with van der Waals surface area (Å²) >= 11 is 0. The van der Waals surface area contributed by atoms with Gasteiger partial charge in [0.25, 0.3) is 0 Å². The van der Waals surface area contributed by atoms with Gasteiger partial charge in [-0.25, -0.2) is 4.79 Å². The Morgan fingerprint density at radius 1 is 1.91 bits per heavy atom.